The van der Waals surface area contributed by atoms with Gasteiger partial charge in [0.1, 0.15) is 12.1 Å². The molecule has 27 heavy (non-hydrogen) atoms. The first kappa shape index (κ1) is 20.4. The van der Waals surface area contributed by atoms with E-state index in [4.69, 9.17) is 15.2 Å². The quantitative estimate of drug-likeness (QED) is 0.531. The Morgan fingerprint density at radius 2 is 1.96 bits per heavy atom. The second-order valence-corrected chi connectivity index (χ2v) is 5.43. The van der Waals surface area contributed by atoms with Gasteiger partial charge in [0.15, 0.2) is 11.5 Å². The normalized spacial score (nSPS) is 10.5. The number of aliphatic hydroxyl groups is 1. The molecule has 3 aromatic rings. The van der Waals surface area contributed by atoms with Crippen LogP contribution in [0.25, 0.3) is 11.2 Å². The highest BCUT2D eigenvalue weighted by Gasteiger charge is 2.15. The lowest BCUT2D eigenvalue weighted by Gasteiger charge is -2.07. The van der Waals surface area contributed by atoms with E-state index in [0.29, 0.717) is 17.8 Å². The number of H-pyrrole nitrogens is 1. The van der Waals surface area contributed by atoms with E-state index in [1.54, 1.807) is 7.11 Å². The first-order valence-corrected chi connectivity index (χ1v) is 8.69. The van der Waals surface area contributed by atoms with Crippen LogP contribution in [0.5, 0.6) is 6.01 Å². The lowest BCUT2D eigenvalue weighted by atomic mass is 10.1. The zero-order valence-corrected chi connectivity index (χ0v) is 15.7. The van der Waals surface area contributed by atoms with Crippen LogP contribution in [-0.2, 0) is 17.9 Å². The fraction of sp³-hybridized carbons (Fsp3) is 0.389. The van der Waals surface area contributed by atoms with E-state index in [1.165, 1.54) is 4.57 Å². The average Bonchev–Trinajstić information content (AvgIpc) is 3.00. The van der Waals surface area contributed by atoms with Crippen molar-refractivity contribution in [3.8, 4) is 6.01 Å². The zero-order chi connectivity index (χ0) is 19.8. The number of anilines is 1. The molecule has 0 spiro atoms. The van der Waals surface area contributed by atoms with Gasteiger partial charge >= 0.3 is 11.7 Å². The highest BCUT2D eigenvalue weighted by atomic mass is 16.5. The van der Waals surface area contributed by atoms with Gasteiger partial charge in [0.05, 0.1) is 19.8 Å². The number of methoxy groups -OCH3 is 1. The third-order valence-electron chi connectivity index (χ3n) is 3.66. The molecule has 0 atom stereocenters. The monoisotopic (exact) mass is 375 g/mol. The molecule has 0 aliphatic rings. The van der Waals surface area contributed by atoms with Crippen LogP contribution in [0, 0.1) is 0 Å². The molecule has 3 rings (SSSR count). The molecule has 9 heteroatoms. The van der Waals surface area contributed by atoms with Crippen LogP contribution in [0.4, 0.5) is 5.82 Å². The number of nitrogens with two attached hydrogens (primary N) is 1. The van der Waals surface area contributed by atoms with E-state index >= 15 is 0 Å². The molecule has 0 aliphatic carbocycles. The highest BCUT2D eigenvalue weighted by Crippen LogP contribution is 2.18. The van der Waals surface area contributed by atoms with Crippen LogP contribution in [0.1, 0.15) is 25.0 Å². The van der Waals surface area contributed by atoms with Crippen molar-refractivity contribution in [1.82, 2.24) is 19.5 Å². The Hall–Kier alpha value is -2.91. The fourth-order valence-electron chi connectivity index (χ4n) is 2.47. The van der Waals surface area contributed by atoms with E-state index in [1.807, 2.05) is 38.1 Å². The second kappa shape index (κ2) is 9.70. The number of hydrogen-bond donors (Lipinski definition) is 3. The number of hydrogen-bond acceptors (Lipinski definition) is 7. The average molecular weight is 375 g/mol. The summed E-state index contributed by atoms with van der Waals surface area (Å²) in [7, 11) is 1.56. The maximum Gasteiger partial charge on any atom is 0.328 e. The SMILES string of the molecule is CC.COCCOc1nc(N)c2[nH]c(=O)n(Cc3cccc(CO)c3)c2n1. The maximum absolute atomic E-state index is 12.3. The van der Waals surface area contributed by atoms with Crippen molar-refractivity contribution in [3.05, 3.63) is 45.9 Å². The van der Waals surface area contributed by atoms with Crippen molar-refractivity contribution in [2.45, 2.75) is 27.0 Å². The van der Waals surface area contributed by atoms with Crippen LogP contribution in [0.15, 0.2) is 29.1 Å². The molecular formula is C18H25N5O4. The number of rotatable bonds is 7. The summed E-state index contributed by atoms with van der Waals surface area (Å²) in [6.07, 6.45) is 0. The van der Waals surface area contributed by atoms with Gasteiger partial charge < -0.3 is 25.3 Å². The van der Waals surface area contributed by atoms with Crippen LogP contribution >= 0.6 is 0 Å². The van der Waals surface area contributed by atoms with E-state index in [2.05, 4.69) is 15.0 Å². The fourth-order valence-corrected chi connectivity index (χ4v) is 2.47. The number of nitrogen functional groups attached to an aromatic ring is 1. The Morgan fingerprint density at radius 1 is 1.22 bits per heavy atom. The van der Waals surface area contributed by atoms with Crippen molar-refractivity contribution < 1.29 is 14.6 Å². The summed E-state index contributed by atoms with van der Waals surface area (Å²) >= 11 is 0. The number of benzene rings is 1. The molecule has 0 fully saturated rings. The molecule has 0 saturated heterocycles. The maximum atomic E-state index is 12.3. The number of aromatic nitrogens is 4. The third kappa shape index (κ3) is 4.83. The number of fused-ring (bicyclic) bond motifs is 1. The molecule has 0 bridgehead atoms. The topological polar surface area (TPSA) is 128 Å². The molecule has 1 aromatic carbocycles. The molecule has 0 unspecified atom stereocenters. The number of imidazole rings is 1. The summed E-state index contributed by atoms with van der Waals surface area (Å²) in [5.41, 5.74) is 7.90. The van der Waals surface area contributed by atoms with E-state index in [0.717, 1.165) is 11.1 Å². The van der Waals surface area contributed by atoms with E-state index in [-0.39, 0.29) is 37.3 Å². The Kier molecular flexibility index (Phi) is 7.33. The van der Waals surface area contributed by atoms with Crippen molar-refractivity contribution in [1.29, 1.82) is 0 Å². The molecule has 0 aliphatic heterocycles. The first-order chi connectivity index (χ1) is 13.1. The van der Waals surface area contributed by atoms with Crippen LogP contribution in [0.3, 0.4) is 0 Å². The number of ether oxygens (including phenoxy) is 2. The molecule has 4 N–H and O–H groups in total. The molecule has 146 valence electrons. The van der Waals surface area contributed by atoms with Gasteiger partial charge in [-0.2, -0.15) is 9.97 Å². The van der Waals surface area contributed by atoms with Gasteiger partial charge in [0.2, 0.25) is 0 Å². The minimum Gasteiger partial charge on any atom is -0.461 e. The third-order valence-corrected chi connectivity index (χ3v) is 3.66. The van der Waals surface area contributed by atoms with Crippen LogP contribution in [0.2, 0.25) is 0 Å². The van der Waals surface area contributed by atoms with Crippen LogP contribution < -0.4 is 16.2 Å². The molecule has 2 heterocycles. The molecule has 0 saturated carbocycles. The van der Waals surface area contributed by atoms with Crippen molar-refractivity contribution >= 4 is 17.0 Å². The number of aromatic amines is 1. The molecule has 0 radical (unpaired) electrons. The van der Waals surface area contributed by atoms with Crippen molar-refractivity contribution in [2.24, 2.45) is 0 Å². The molecule has 9 nitrogen and oxygen atoms in total. The summed E-state index contributed by atoms with van der Waals surface area (Å²) in [5, 5.41) is 9.25. The van der Waals surface area contributed by atoms with Gasteiger partial charge in [-0.05, 0) is 11.1 Å². The lowest BCUT2D eigenvalue weighted by Crippen LogP contribution is -2.18. The summed E-state index contributed by atoms with van der Waals surface area (Å²) in [6, 6.07) is 7.41. The van der Waals surface area contributed by atoms with Gasteiger partial charge in [-0.3, -0.25) is 4.57 Å². The van der Waals surface area contributed by atoms with Crippen molar-refractivity contribution in [2.75, 3.05) is 26.1 Å². The lowest BCUT2D eigenvalue weighted by molar-refractivity contribution is 0.141. The number of nitrogens with zero attached hydrogens (tertiary/aromatic N) is 3. The summed E-state index contributed by atoms with van der Waals surface area (Å²) < 4.78 is 11.8. The van der Waals surface area contributed by atoms with Gasteiger partial charge in [0.25, 0.3) is 0 Å². The molecule has 0 amide bonds. The van der Waals surface area contributed by atoms with Gasteiger partial charge in [-0.1, -0.05) is 38.1 Å². The Balaban J connectivity index is 0.00000126. The van der Waals surface area contributed by atoms with Gasteiger partial charge in [-0.25, -0.2) is 4.79 Å². The summed E-state index contributed by atoms with van der Waals surface area (Å²) in [4.78, 5) is 23.3. The smallest absolute Gasteiger partial charge is 0.328 e. The molecule has 2 aromatic heterocycles. The Labute approximate surface area is 156 Å². The summed E-state index contributed by atoms with van der Waals surface area (Å²) in [6.45, 7) is 4.87. The number of aliphatic hydroxyl groups excluding tert-OH is 1. The van der Waals surface area contributed by atoms with E-state index < -0.39 is 0 Å². The zero-order valence-electron chi connectivity index (χ0n) is 15.7. The highest BCUT2D eigenvalue weighted by molar-refractivity contribution is 5.81. The minimum absolute atomic E-state index is 0.0662. The van der Waals surface area contributed by atoms with Gasteiger partial charge in [0, 0.05) is 7.11 Å². The van der Waals surface area contributed by atoms with Crippen molar-refractivity contribution in [3.63, 3.8) is 0 Å². The summed E-state index contributed by atoms with van der Waals surface area (Å²) in [5.74, 6) is 0.136. The predicted molar refractivity (Wildman–Crippen MR) is 103 cm³/mol. The Bertz CT molecular complexity index is 935. The minimum atomic E-state index is -0.348. The predicted octanol–water partition coefficient (Wildman–Crippen LogP) is 1.29. The van der Waals surface area contributed by atoms with Crippen LogP contribution in [-0.4, -0.2) is 44.9 Å². The standard InChI is InChI=1S/C16H19N5O4.C2H6/c1-24-5-6-25-15-19-13(17)12-14(20-15)21(16(23)18-12)8-10-3-2-4-11(7-10)9-22;1-2/h2-4,7,22H,5-6,8-9H2,1H3,(H,18,23)(H2,17,19,20);1-2H3. The Morgan fingerprint density at radius 3 is 2.67 bits per heavy atom. The number of nitrogens with one attached hydrogen (secondary N) is 1. The van der Waals surface area contributed by atoms with Gasteiger partial charge in [-0.15, -0.1) is 0 Å². The first-order valence-electron chi connectivity index (χ1n) is 8.69. The second-order valence-electron chi connectivity index (χ2n) is 5.43. The largest absolute Gasteiger partial charge is 0.461 e. The van der Waals surface area contributed by atoms with E-state index in [9.17, 15) is 9.90 Å². The molecular weight excluding hydrogens is 350 g/mol.